The number of benzene rings is 3. The molecule has 0 bridgehead atoms. The van der Waals surface area contributed by atoms with Gasteiger partial charge in [0, 0.05) is 24.2 Å². The summed E-state index contributed by atoms with van der Waals surface area (Å²) >= 11 is 0. The molecule has 0 fully saturated rings. The van der Waals surface area contributed by atoms with Crippen LogP contribution in [-0.2, 0) is 32.6 Å². The van der Waals surface area contributed by atoms with E-state index in [-0.39, 0.29) is 5.56 Å². The van der Waals surface area contributed by atoms with E-state index in [2.05, 4.69) is 75.7 Å². The fraction of sp³-hybridized carbons (Fsp3) is 0.267. The van der Waals surface area contributed by atoms with Crippen molar-refractivity contribution in [2.24, 2.45) is 0 Å². The zero-order valence-corrected chi connectivity index (χ0v) is 22.0. The zero-order valence-electron chi connectivity index (χ0n) is 22.0. The maximum absolute atomic E-state index is 13.0. The molecule has 1 N–H and O–H groups in total. The molecule has 194 valence electrons. The third-order valence-electron chi connectivity index (χ3n) is 6.78. The molecule has 5 aromatic rings. The Hall–Kier alpha value is -4.30. The van der Waals surface area contributed by atoms with Gasteiger partial charge < -0.3 is 9.72 Å². The number of nitrogens with zero attached hydrogens (tertiary/aromatic N) is 5. The number of hydrogen-bond donors (Lipinski definition) is 1. The molecule has 5 rings (SSSR count). The first kappa shape index (κ1) is 25.4. The minimum Gasteiger partial charge on any atom is -0.497 e. The maximum Gasteiger partial charge on any atom is 0.252 e. The van der Waals surface area contributed by atoms with Crippen LogP contribution < -0.4 is 10.3 Å². The molecule has 38 heavy (non-hydrogen) atoms. The van der Waals surface area contributed by atoms with Crippen LogP contribution in [0.4, 0.5) is 0 Å². The average molecular weight is 509 g/mol. The number of aromatic amines is 1. The number of methoxy groups -OCH3 is 1. The Balaban J connectivity index is 1.43. The summed E-state index contributed by atoms with van der Waals surface area (Å²) in [4.78, 5) is 18.3. The number of ether oxygens (including phenoxy) is 1. The Labute approximate surface area is 221 Å². The number of pyridine rings is 1. The van der Waals surface area contributed by atoms with Gasteiger partial charge in [-0.3, -0.25) is 9.69 Å². The lowest BCUT2D eigenvalue weighted by molar-refractivity contribution is 0.236. The standard InChI is InChI=1S/C30H32N6O2/c1-4-22-11-14-28-25(15-22)16-26(30(37)31-28)19-35(17-23-7-5-21(2)6-8-23)20-29-32-33-34-36(29)18-24-9-12-27(38-3)13-10-24/h5-16H,4,17-20H2,1-3H3,(H,31,37). The van der Waals surface area contributed by atoms with Gasteiger partial charge in [-0.2, -0.15) is 0 Å². The van der Waals surface area contributed by atoms with Gasteiger partial charge in [0.05, 0.1) is 20.2 Å². The summed E-state index contributed by atoms with van der Waals surface area (Å²) in [5.74, 6) is 1.54. The molecular weight excluding hydrogens is 476 g/mol. The lowest BCUT2D eigenvalue weighted by Gasteiger charge is -2.22. The predicted molar refractivity (Wildman–Crippen MR) is 148 cm³/mol. The molecule has 0 atom stereocenters. The van der Waals surface area contributed by atoms with E-state index in [0.29, 0.717) is 31.7 Å². The number of H-pyrrole nitrogens is 1. The molecule has 0 aliphatic carbocycles. The summed E-state index contributed by atoms with van der Waals surface area (Å²) < 4.78 is 7.08. The van der Waals surface area contributed by atoms with Gasteiger partial charge in [0.1, 0.15) is 5.75 Å². The first-order valence-electron chi connectivity index (χ1n) is 12.8. The number of aryl methyl sites for hydroxylation is 2. The van der Waals surface area contributed by atoms with Gasteiger partial charge in [-0.25, -0.2) is 4.68 Å². The van der Waals surface area contributed by atoms with Crippen molar-refractivity contribution in [3.63, 3.8) is 0 Å². The number of nitrogens with one attached hydrogen (secondary N) is 1. The Bertz CT molecular complexity index is 1570. The number of tetrazole rings is 1. The van der Waals surface area contributed by atoms with E-state index >= 15 is 0 Å². The van der Waals surface area contributed by atoms with Crippen LogP contribution in [0.2, 0.25) is 0 Å². The van der Waals surface area contributed by atoms with Crippen molar-refractivity contribution >= 4 is 10.9 Å². The van der Waals surface area contributed by atoms with Gasteiger partial charge >= 0.3 is 0 Å². The van der Waals surface area contributed by atoms with Crippen molar-refractivity contribution in [1.82, 2.24) is 30.1 Å². The fourth-order valence-electron chi connectivity index (χ4n) is 4.56. The van der Waals surface area contributed by atoms with Crippen LogP contribution in [-0.4, -0.2) is 37.2 Å². The molecule has 0 amide bonds. The maximum atomic E-state index is 13.0. The molecule has 8 nitrogen and oxygen atoms in total. The molecule has 0 spiro atoms. The van der Waals surface area contributed by atoms with Crippen molar-refractivity contribution in [3.8, 4) is 5.75 Å². The third-order valence-corrected chi connectivity index (χ3v) is 6.78. The number of fused-ring (bicyclic) bond motifs is 1. The van der Waals surface area contributed by atoms with Crippen molar-refractivity contribution in [3.05, 3.63) is 117 Å². The molecule has 0 radical (unpaired) electrons. The lowest BCUT2D eigenvalue weighted by Crippen LogP contribution is -2.28. The van der Waals surface area contributed by atoms with Gasteiger partial charge in [-0.15, -0.1) is 5.10 Å². The molecule has 2 aromatic heterocycles. The van der Waals surface area contributed by atoms with Gasteiger partial charge in [0.15, 0.2) is 5.82 Å². The molecule has 8 heteroatoms. The molecule has 0 saturated carbocycles. The first-order valence-corrected chi connectivity index (χ1v) is 12.8. The number of rotatable bonds is 10. The smallest absolute Gasteiger partial charge is 0.252 e. The minimum absolute atomic E-state index is 0.0755. The van der Waals surface area contributed by atoms with Gasteiger partial charge in [0.25, 0.3) is 5.56 Å². The van der Waals surface area contributed by atoms with Crippen LogP contribution >= 0.6 is 0 Å². The molecule has 2 heterocycles. The summed E-state index contributed by atoms with van der Waals surface area (Å²) in [7, 11) is 1.65. The number of aromatic nitrogens is 5. The van der Waals surface area contributed by atoms with Crippen LogP contribution in [0.3, 0.4) is 0 Å². The van der Waals surface area contributed by atoms with Crippen LogP contribution in [0.15, 0.2) is 77.6 Å². The first-order chi connectivity index (χ1) is 18.5. The molecule has 0 unspecified atom stereocenters. The van der Waals surface area contributed by atoms with Crippen molar-refractivity contribution in [1.29, 1.82) is 0 Å². The molecule has 3 aromatic carbocycles. The zero-order chi connectivity index (χ0) is 26.5. The van der Waals surface area contributed by atoms with E-state index in [9.17, 15) is 4.79 Å². The van der Waals surface area contributed by atoms with Crippen LogP contribution in [0, 0.1) is 6.92 Å². The highest BCUT2D eigenvalue weighted by Crippen LogP contribution is 2.18. The number of hydrogen-bond acceptors (Lipinski definition) is 6. The second kappa shape index (κ2) is 11.4. The SMILES string of the molecule is CCc1ccc2[nH]c(=O)c(CN(Cc3ccc(C)cc3)Cc3nnnn3Cc3ccc(OC)cc3)cc2c1. The highest BCUT2D eigenvalue weighted by Gasteiger charge is 2.16. The largest absolute Gasteiger partial charge is 0.497 e. The summed E-state index contributed by atoms with van der Waals surface area (Å²) in [6.07, 6.45) is 0.945. The Morgan fingerprint density at radius 3 is 2.37 bits per heavy atom. The Morgan fingerprint density at radius 2 is 1.63 bits per heavy atom. The third kappa shape index (κ3) is 5.98. The van der Waals surface area contributed by atoms with E-state index in [1.54, 1.807) is 7.11 Å². The molecule has 0 aliphatic rings. The van der Waals surface area contributed by atoms with Crippen LogP contribution in [0.1, 0.15) is 40.6 Å². The summed E-state index contributed by atoms with van der Waals surface area (Å²) in [5, 5.41) is 13.6. The van der Waals surface area contributed by atoms with Crippen LogP contribution in [0.5, 0.6) is 5.75 Å². The van der Waals surface area contributed by atoms with Crippen molar-refractivity contribution in [2.75, 3.05) is 7.11 Å². The van der Waals surface area contributed by atoms with Crippen molar-refractivity contribution in [2.45, 2.75) is 46.4 Å². The highest BCUT2D eigenvalue weighted by atomic mass is 16.5. The minimum atomic E-state index is -0.0755. The normalized spacial score (nSPS) is 11.4. The van der Waals surface area contributed by atoms with Gasteiger partial charge in [-0.05, 0) is 76.2 Å². The topological polar surface area (TPSA) is 88.9 Å². The summed E-state index contributed by atoms with van der Waals surface area (Å²) in [5.41, 5.74) is 6.17. The molecule has 0 aliphatic heterocycles. The predicted octanol–water partition coefficient (Wildman–Crippen LogP) is 4.64. The second-order valence-electron chi connectivity index (χ2n) is 9.63. The summed E-state index contributed by atoms with van der Waals surface area (Å²) in [6, 6.07) is 24.5. The van der Waals surface area contributed by atoms with E-state index in [0.717, 1.165) is 40.0 Å². The Kier molecular flexibility index (Phi) is 7.60. The summed E-state index contributed by atoms with van der Waals surface area (Å²) in [6.45, 7) is 6.36. The quantitative estimate of drug-likeness (QED) is 0.296. The van der Waals surface area contributed by atoms with E-state index in [1.165, 1.54) is 11.1 Å². The molecular formula is C30H32N6O2. The second-order valence-corrected chi connectivity index (χ2v) is 9.63. The Morgan fingerprint density at radius 1 is 0.895 bits per heavy atom. The van der Waals surface area contributed by atoms with E-state index in [4.69, 9.17) is 4.74 Å². The lowest BCUT2D eigenvalue weighted by atomic mass is 10.1. The average Bonchev–Trinajstić information content (AvgIpc) is 3.36. The monoisotopic (exact) mass is 508 g/mol. The highest BCUT2D eigenvalue weighted by molar-refractivity contribution is 5.79. The fourth-order valence-corrected chi connectivity index (χ4v) is 4.56. The van der Waals surface area contributed by atoms with Gasteiger partial charge in [-0.1, -0.05) is 55.0 Å². The van der Waals surface area contributed by atoms with E-state index < -0.39 is 0 Å². The van der Waals surface area contributed by atoms with Gasteiger partial charge in [0.2, 0.25) is 0 Å². The van der Waals surface area contributed by atoms with E-state index in [1.807, 2.05) is 41.1 Å². The molecule has 0 saturated heterocycles. The van der Waals surface area contributed by atoms with Crippen LogP contribution in [0.25, 0.3) is 10.9 Å². The van der Waals surface area contributed by atoms with Crippen molar-refractivity contribution < 1.29 is 4.74 Å².